The molecule has 1 heterocycles. The van der Waals surface area contributed by atoms with Crippen molar-refractivity contribution in [2.45, 2.75) is 0 Å². The molecule has 0 amide bonds. The quantitative estimate of drug-likeness (QED) is 0.641. The zero-order valence-electron chi connectivity index (χ0n) is 6.34. The highest BCUT2D eigenvalue weighted by atomic mass is 35.5. The second-order valence-electron chi connectivity index (χ2n) is 2.62. The summed E-state index contributed by atoms with van der Waals surface area (Å²) in [6.45, 7) is 0.606. The number of hydrogen-bond donors (Lipinski definition) is 2. The van der Waals surface area contributed by atoms with E-state index in [1.165, 1.54) is 0 Å². The van der Waals surface area contributed by atoms with Crippen molar-refractivity contribution in [1.82, 2.24) is 0 Å². The molecule has 1 aliphatic rings. The molecule has 0 atom stereocenters. The van der Waals surface area contributed by atoms with Crippen LogP contribution >= 0.6 is 11.6 Å². The number of nitrogens with zero attached hydrogens (tertiary/aromatic N) is 1. The third kappa shape index (κ3) is 1.23. The second kappa shape index (κ2) is 2.68. The minimum absolute atomic E-state index is 0.588. The fourth-order valence-electron chi connectivity index (χ4n) is 1.13. The highest BCUT2D eigenvalue weighted by Crippen LogP contribution is 2.29. The first-order chi connectivity index (χ1) is 5.75. The summed E-state index contributed by atoms with van der Waals surface area (Å²) < 4.78 is 0. The normalized spacial score (nSPS) is 14.6. The highest BCUT2D eigenvalue weighted by Gasteiger charge is 2.08. The van der Waals surface area contributed by atoms with Gasteiger partial charge in [-0.3, -0.25) is 0 Å². The third-order valence-corrected chi connectivity index (χ3v) is 1.92. The molecule has 62 valence electrons. The van der Waals surface area contributed by atoms with E-state index in [0.717, 1.165) is 11.4 Å². The predicted molar refractivity (Wildman–Crippen MR) is 51.2 cm³/mol. The molecule has 0 bridgehead atoms. The van der Waals surface area contributed by atoms with Crippen molar-refractivity contribution >= 4 is 28.8 Å². The number of halogens is 1. The van der Waals surface area contributed by atoms with Crippen LogP contribution in [0.25, 0.3) is 0 Å². The molecule has 0 fully saturated rings. The second-order valence-corrected chi connectivity index (χ2v) is 3.05. The van der Waals surface area contributed by atoms with E-state index in [-0.39, 0.29) is 0 Å². The Labute approximate surface area is 75.2 Å². The number of rotatable bonds is 0. The summed E-state index contributed by atoms with van der Waals surface area (Å²) >= 11 is 5.79. The third-order valence-electron chi connectivity index (χ3n) is 1.68. The molecule has 0 aliphatic carbocycles. The number of hydrogen-bond acceptors (Lipinski definition) is 3. The molecule has 1 aromatic carbocycles. The fraction of sp³-hybridized carbons (Fsp3) is 0.125. The van der Waals surface area contributed by atoms with Crippen LogP contribution in [0.3, 0.4) is 0 Å². The monoisotopic (exact) mass is 181 g/mol. The molecular formula is C8H8ClN3. The van der Waals surface area contributed by atoms with Gasteiger partial charge in [-0.15, -0.1) is 0 Å². The summed E-state index contributed by atoms with van der Waals surface area (Å²) in [6, 6.07) is 5.51. The van der Waals surface area contributed by atoms with Gasteiger partial charge in [-0.05, 0) is 18.2 Å². The maximum atomic E-state index is 5.79. The Morgan fingerprint density at radius 3 is 3.17 bits per heavy atom. The smallest absolute Gasteiger partial charge is 0.119 e. The Morgan fingerprint density at radius 2 is 2.33 bits per heavy atom. The first-order valence-electron chi connectivity index (χ1n) is 3.62. The van der Waals surface area contributed by atoms with Crippen LogP contribution < -0.4 is 11.1 Å². The molecule has 1 aromatic rings. The van der Waals surface area contributed by atoms with Gasteiger partial charge in [0.15, 0.2) is 0 Å². The standard InChI is InChI=1S/C8H8ClN3/c9-5-1-2-6-7(3-5)12-8(10)4-11-6/h1-3,11H,4H2,(H2,10,12). The minimum Gasteiger partial charge on any atom is -0.386 e. The van der Waals surface area contributed by atoms with Crippen molar-refractivity contribution in [2.24, 2.45) is 10.7 Å². The lowest BCUT2D eigenvalue weighted by Crippen LogP contribution is -2.24. The van der Waals surface area contributed by atoms with E-state index in [9.17, 15) is 0 Å². The predicted octanol–water partition coefficient (Wildman–Crippen LogP) is 1.75. The molecule has 0 saturated carbocycles. The van der Waals surface area contributed by atoms with Crippen molar-refractivity contribution in [1.29, 1.82) is 0 Å². The topological polar surface area (TPSA) is 50.4 Å². The van der Waals surface area contributed by atoms with Crippen molar-refractivity contribution in [3.05, 3.63) is 23.2 Å². The molecule has 2 rings (SSSR count). The maximum absolute atomic E-state index is 5.79. The zero-order chi connectivity index (χ0) is 8.55. The van der Waals surface area contributed by atoms with Crippen molar-refractivity contribution in [2.75, 3.05) is 11.9 Å². The Bertz CT molecular complexity index is 346. The van der Waals surface area contributed by atoms with Gasteiger partial charge in [-0.2, -0.15) is 0 Å². The van der Waals surface area contributed by atoms with Gasteiger partial charge in [0, 0.05) is 5.02 Å². The van der Waals surface area contributed by atoms with Gasteiger partial charge >= 0.3 is 0 Å². The number of benzene rings is 1. The van der Waals surface area contributed by atoms with Gasteiger partial charge in [0.25, 0.3) is 0 Å². The zero-order valence-corrected chi connectivity index (χ0v) is 7.10. The molecule has 3 nitrogen and oxygen atoms in total. The highest BCUT2D eigenvalue weighted by molar-refractivity contribution is 6.31. The number of fused-ring (bicyclic) bond motifs is 1. The SMILES string of the molecule is NC1=Nc2cc(Cl)ccc2NC1. The molecule has 0 spiro atoms. The fourth-order valence-corrected chi connectivity index (χ4v) is 1.29. The number of anilines is 1. The molecular weight excluding hydrogens is 174 g/mol. The van der Waals surface area contributed by atoms with Gasteiger partial charge in [-0.1, -0.05) is 11.6 Å². The lowest BCUT2D eigenvalue weighted by atomic mass is 10.2. The van der Waals surface area contributed by atoms with Gasteiger partial charge in [-0.25, -0.2) is 4.99 Å². The average Bonchev–Trinajstić information content (AvgIpc) is 2.03. The summed E-state index contributed by atoms with van der Waals surface area (Å²) in [5.41, 5.74) is 7.34. The van der Waals surface area contributed by atoms with Crippen LogP contribution in [0.4, 0.5) is 11.4 Å². The van der Waals surface area contributed by atoms with E-state index in [2.05, 4.69) is 10.3 Å². The van der Waals surface area contributed by atoms with Crippen LogP contribution in [0.5, 0.6) is 0 Å². The summed E-state index contributed by atoms with van der Waals surface area (Å²) in [4.78, 5) is 4.15. The lowest BCUT2D eigenvalue weighted by Gasteiger charge is -2.14. The number of nitrogens with one attached hydrogen (secondary N) is 1. The van der Waals surface area contributed by atoms with Crippen molar-refractivity contribution in [3.8, 4) is 0 Å². The van der Waals surface area contributed by atoms with Crippen LogP contribution in [0.1, 0.15) is 0 Å². The first kappa shape index (κ1) is 7.43. The largest absolute Gasteiger partial charge is 0.386 e. The van der Waals surface area contributed by atoms with Crippen molar-refractivity contribution < 1.29 is 0 Å². The molecule has 1 aliphatic heterocycles. The molecule has 0 saturated heterocycles. The van der Waals surface area contributed by atoms with E-state index in [1.54, 1.807) is 6.07 Å². The Balaban J connectivity index is 2.53. The number of nitrogens with two attached hydrogens (primary N) is 1. The van der Waals surface area contributed by atoms with Crippen LogP contribution in [0.15, 0.2) is 23.2 Å². The molecule has 3 N–H and O–H groups in total. The summed E-state index contributed by atoms with van der Waals surface area (Å²) in [5, 5.41) is 3.80. The van der Waals surface area contributed by atoms with Gasteiger partial charge in [0.2, 0.25) is 0 Å². The summed E-state index contributed by atoms with van der Waals surface area (Å²) in [5.74, 6) is 0.588. The molecule has 0 unspecified atom stereocenters. The Hall–Kier alpha value is -1.22. The lowest BCUT2D eigenvalue weighted by molar-refractivity contribution is 1.27. The van der Waals surface area contributed by atoms with E-state index in [4.69, 9.17) is 17.3 Å². The van der Waals surface area contributed by atoms with Crippen LogP contribution in [0, 0.1) is 0 Å². The summed E-state index contributed by atoms with van der Waals surface area (Å²) in [7, 11) is 0. The number of amidine groups is 1. The Kier molecular flexibility index (Phi) is 1.66. The minimum atomic E-state index is 0.588. The maximum Gasteiger partial charge on any atom is 0.119 e. The van der Waals surface area contributed by atoms with Crippen LogP contribution in [-0.4, -0.2) is 12.4 Å². The summed E-state index contributed by atoms with van der Waals surface area (Å²) in [6.07, 6.45) is 0. The van der Waals surface area contributed by atoms with E-state index in [0.29, 0.717) is 17.4 Å². The van der Waals surface area contributed by atoms with Gasteiger partial charge in [0.05, 0.1) is 17.9 Å². The first-order valence-corrected chi connectivity index (χ1v) is 4.00. The van der Waals surface area contributed by atoms with E-state index in [1.807, 2.05) is 12.1 Å². The molecule has 12 heavy (non-hydrogen) atoms. The van der Waals surface area contributed by atoms with E-state index >= 15 is 0 Å². The molecule has 0 aromatic heterocycles. The number of aliphatic imine (C=N–C) groups is 1. The van der Waals surface area contributed by atoms with Crippen LogP contribution in [-0.2, 0) is 0 Å². The molecule has 4 heteroatoms. The average molecular weight is 182 g/mol. The van der Waals surface area contributed by atoms with E-state index < -0.39 is 0 Å². The Morgan fingerprint density at radius 1 is 1.50 bits per heavy atom. The molecule has 0 radical (unpaired) electrons. The van der Waals surface area contributed by atoms with Crippen LogP contribution in [0.2, 0.25) is 5.02 Å². The van der Waals surface area contributed by atoms with Gasteiger partial charge < -0.3 is 11.1 Å². The van der Waals surface area contributed by atoms with Crippen molar-refractivity contribution in [3.63, 3.8) is 0 Å². The van der Waals surface area contributed by atoms with Gasteiger partial charge in [0.1, 0.15) is 5.84 Å².